The number of esters is 1. The van der Waals surface area contributed by atoms with E-state index in [1.54, 1.807) is 35.0 Å². The second-order valence-electron chi connectivity index (χ2n) is 13.4. The fourth-order valence-corrected chi connectivity index (χ4v) is 8.56. The van der Waals surface area contributed by atoms with Crippen molar-refractivity contribution in [3.05, 3.63) is 155 Å². The van der Waals surface area contributed by atoms with Gasteiger partial charge in [0.15, 0.2) is 0 Å². The van der Waals surface area contributed by atoms with E-state index in [1.165, 1.54) is 12.1 Å². The topological polar surface area (TPSA) is 147 Å². The number of aromatic nitrogens is 3. The molecule has 1 spiro atoms. The Labute approximate surface area is 303 Å². The first-order valence-electron chi connectivity index (χ1n) is 17.2. The number of para-hydroxylation sites is 1. The van der Waals surface area contributed by atoms with Crippen LogP contribution in [0.25, 0.3) is 11.0 Å². The summed E-state index contributed by atoms with van der Waals surface area (Å²) in [6, 6.07) is 34.9. The summed E-state index contributed by atoms with van der Waals surface area (Å²) in [5.74, 6) is 2.15. The van der Waals surface area contributed by atoms with E-state index in [1.807, 2.05) is 89.8 Å². The van der Waals surface area contributed by atoms with Crippen molar-refractivity contribution in [3.8, 4) is 17.6 Å². The number of nitrogens with zero attached hydrogens (tertiary/aromatic N) is 4. The molecular formula is C42H31N5O6. The van der Waals surface area contributed by atoms with Gasteiger partial charge in [0.05, 0.1) is 17.6 Å². The van der Waals surface area contributed by atoms with Crippen molar-refractivity contribution >= 4 is 34.6 Å². The summed E-state index contributed by atoms with van der Waals surface area (Å²) in [5, 5.41) is 32.9. The lowest BCUT2D eigenvalue weighted by atomic mass is 9.65. The van der Waals surface area contributed by atoms with Gasteiger partial charge < -0.3 is 20.3 Å². The minimum absolute atomic E-state index is 0.000881. The number of cyclic esters (lactones) is 1. The molecule has 6 aromatic rings. The lowest BCUT2D eigenvalue weighted by Crippen LogP contribution is -2.52. The van der Waals surface area contributed by atoms with Gasteiger partial charge in [0.2, 0.25) is 5.91 Å². The highest BCUT2D eigenvalue weighted by molar-refractivity contribution is 6.11. The molecule has 0 unspecified atom stereocenters. The number of hydrogen-bond acceptors (Lipinski definition) is 8. The van der Waals surface area contributed by atoms with Gasteiger partial charge in [0.25, 0.3) is 0 Å². The second-order valence-corrected chi connectivity index (χ2v) is 13.4. The van der Waals surface area contributed by atoms with Crippen molar-refractivity contribution in [1.82, 2.24) is 19.9 Å². The maximum atomic E-state index is 14.8. The zero-order chi connectivity index (χ0) is 36.3. The number of amides is 1. The number of aromatic hydroxyl groups is 1. The van der Waals surface area contributed by atoms with E-state index in [-0.39, 0.29) is 12.3 Å². The van der Waals surface area contributed by atoms with E-state index in [2.05, 4.69) is 27.5 Å². The van der Waals surface area contributed by atoms with Crippen LogP contribution in [0.5, 0.6) is 5.75 Å². The third-order valence-corrected chi connectivity index (χ3v) is 10.7. The Hall–Kier alpha value is -6.77. The van der Waals surface area contributed by atoms with Gasteiger partial charge in [-0.1, -0.05) is 102 Å². The highest BCUT2D eigenvalue weighted by Crippen LogP contribution is 2.64. The third-order valence-electron chi connectivity index (χ3n) is 10.7. The van der Waals surface area contributed by atoms with Crippen LogP contribution in [-0.2, 0) is 31.1 Å². The molecule has 11 nitrogen and oxygen atoms in total. The number of phenols is 1. The molecule has 6 atom stereocenters. The largest absolute Gasteiger partial charge is 0.508 e. The molecule has 9 rings (SSSR count). The highest BCUT2D eigenvalue weighted by atomic mass is 16.6. The Morgan fingerprint density at radius 2 is 1.53 bits per heavy atom. The summed E-state index contributed by atoms with van der Waals surface area (Å²) < 4.78 is 7.95. The summed E-state index contributed by atoms with van der Waals surface area (Å²) in [6.07, 6.45) is -0.833. The number of hydrogen-bond donors (Lipinski definition) is 3. The quantitative estimate of drug-likeness (QED) is 0.156. The van der Waals surface area contributed by atoms with Gasteiger partial charge in [-0.3, -0.25) is 19.3 Å². The lowest BCUT2D eigenvalue weighted by molar-refractivity contribution is -0.179. The summed E-state index contributed by atoms with van der Waals surface area (Å²) >= 11 is 0. The van der Waals surface area contributed by atoms with E-state index in [0.29, 0.717) is 22.4 Å². The number of rotatable bonds is 5. The Morgan fingerprint density at radius 3 is 2.26 bits per heavy atom. The number of ether oxygens (including phenoxy) is 1. The van der Waals surface area contributed by atoms with Crippen LogP contribution in [-0.4, -0.2) is 54.0 Å². The summed E-state index contributed by atoms with van der Waals surface area (Å²) in [5.41, 5.74) is 3.21. The lowest BCUT2D eigenvalue weighted by Gasteiger charge is -2.46. The van der Waals surface area contributed by atoms with Crippen LogP contribution in [0.1, 0.15) is 46.0 Å². The van der Waals surface area contributed by atoms with Crippen LogP contribution in [0.15, 0.2) is 127 Å². The average Bonchev–Trinajstić information content (AvgIpc) is 3.83. The van der Waals surface area contributed by atoms with Crippen LogP contribution in [0.3, 0.4) is 0 Å². The molecule has 5 aromatic carbocycles. The van der Waals surface area contributed by atoms with Crippen LogP contribution >= 0.6 is 0 Å². The summed E-state index contributed by atoms with van der Waals surface area (Å²) in [7, 11) is 0. The highest BCUT2D eigenvalue weighted by Gasteiger charge is 2.74. The van der Waals surface area contributed by atoms with E-state index >= 15 is 0 Å². The van der Waals surface area contributed by atoms with Gasteiger partial charge in [-0.25, -0.2) is 4.68 Å². The van der Waals surface area contributed by atoms with Crippen LogP contribution in [0.2, 0.25) is 0 Å². The van der Waals surface area contributed by atoms with Crippen molar-refractivity contribution in [1.29, 1.82) is 0 Å². The normalized spacial score (nSPS) is 24.6. The molecule has 0 bridgehead atoms. The first-order valence-corrected chi connectivity index (χ1v) is 17.2. The molecule has 2 fully saturated rings. The van der Waals surface area contributed by atoms with Gasteiger partial charge in [-0.05, 0) is 64.7 Å². The number of carboxylic acids is 1. The predicted molar refractivity (Wildman–Crippen MR) is 193 cm³/mol. The van der Waals surface area contributed by atoms with E-state index in [0.717, 1.165) is 22.2 Å². The van der Waals surface area contributed by atoms with E-state index in [9.17, 15) is 24.6 Å². The number of carboxylic acid groups (broad SMARTS) is 1. The monoisotopic (exact) mass is 701 g/mol. The molecule has 0 saturated carbocycles. The third kappa shape index (κ3) is 4.98. The molecule has 3 aliphatic heterocycles. The Bertz CT molecular complexity index is 2470. The van der Waals surface area contributed by atoms with Gasteiger partial charge >= 0.3 is 11.9 Å². The van der Waals surface area contributed by atoms with Crippen LogP contribution in [0, 0.1) is 17.8 Å². The maximum Gasteiger partial charge on any atom is 0.325 e. The van der Waals surface area contributed by atoms with Gasteiger partial charge in [0, 0.05) is 11.3 Å². The Morgan fingerprint density at radius 1 is 0.830 bits per heavy atom. The number of aliphatic carboxylic acids is 1. The zero-order valence-electron chi connectivity index (χ0n) is 28.0. The number of carbonyl (C=O) groups is 3. The maximum absolute atomic E-state index is 14.8. The average molecular weight is 702 g/mol. The van der Waals surface area contributed by atoms with Crippen molar-refractivity contribution in [2.75, 3.05) is 5.32 Å². The molecule has 11 heteroatoms. The molecular weight excluding hydrogens is 670 g/mol. The summed E-state index contributed by atoms with van der Waals surface area (Å²) in [6.45, 7) is 0.245. The number of morpholine rings is 1. The van der Waals surface area contributed by atoms with Gasteiger partial charge in [0.1, 0.15) is 41.3 Å². The predicted octanol–water partition coefficient (Wildman–Crippen LogP) is 5.54. The Balaban J connectivity index is 1.25. The summed E-state index contributed by atoms with van der Waals surface area (Å²) in [4.78, 5) is 44.8. The SMILES string of the molecule is O=C1O[C@H](c2ccccc2)[C@H](c2ccccc2)N2[C@H]1[C@@H](C(=O)O)[C@]1(C(=O)Nc3ccc(C#CCn4nnc5ccccc54)cc31)[C@H]2c1ccc(O)cc1. The zero-order valence-corrected chi connectivity index (χ0v) is 28.0. The van der Waals surface area contributed by atoms with Crippen molar-refractivity contribution in [3.63, 3.8) is 0 Å². The molecule has 4 heterocycles. The molecule has 2 saturated heterocycles. The van der Waals surface area contributed by atoms with E-state index in [4.69, 9.17) is 4.74 Å². The molecule has 53 heavy (non-hydrogen) atoms. The minimum Gasteiger partial charge on any atom is -0.508 e. The standard InChI is InChI=1S/C42H31N5O6/c48-29-20-18-28(19-21-29)38-42(30-24-25(17-22-31(30)43-41(42)52)10-9-23-46-33-16-8-7-15-32(33)44-45-46)34(39(49)50)36-40(51)53-37(27-13-5-2-6-14-27)35(47(36)38)26-11-3-1-4-12-26/h1-8,11-22,24,34-38,48H,23H2,(H,43,52)(H,49,50)/t34-,35-,36-,37+,38+,42-/m0/s1. The minimum atomic E-state index is -1.82. The molecule has 0 aliphatic carbocycles. The first-order chi connectivity index (χ1) is 25.9. The van der Waals surface area contributed by atoms with Crippen molar-refractivity contribution < 1.29 is 29.3 Å². The van der Waals surface area contributed by atoms with E-state index < -0.39 is 53.4 Å². The van der Waals surface area contributed by atoms with Crippen LogP contribution < -0.4 is 5.32 Å². The van der Waals surface area contributed by atoms with Gasteiger partial charge in [-0.15, -0.1) is 5.10 Å². The second kappa shape index (κ2) is 12.5. The molecule has 3 N–H and O–H groups in total. The van der Waals surface area contributed by atoms with Crippen molar-refractivity contribution in [2.45, 2.75) is 36.2 Å². The molecule has 1 amide bonds. The number of phenolic OH excluding ortho intramolecular Hbond substituents is 1. The first kappa shape index (κ1) is 32.2. The fourth-order valence-electron chi connectivity index (χ4n) is 8.56. The Kier molecular flexibility index (Phi) is 7.57. The smallest absolute Gasteiger partial charge is 0.325 e. The molecule has 0 radical (unpaired) electrons. The fraction of sp³-hybridized carbons (Fsp3) is 0.167. The van der Waals surface area contributed by atoms with Gasteiger partial charge in [-0.2, -0.15) is 0 Å². The molecule has 1 aromatic heterocycles. The van der Waals surface area contributed by atoms with Crippen LogP contribution in [0.4, 0.5) is 5.69 Å². The number of fused-ring (bicyclic) bond motifs is 4. The number of anilines is 1. The number of carbonyl (C=O) groups excluding carboxylic acids is 2. The molecule has 3 aliphatic rings. The number of benzene rings is 5. The molecule has 260 valence electrons. The van der Waals surface area contributed by atoms with Crippen molar-refractivity contribution in [2.24, 2.45) is 5.92 Å². The number of nitrogens with one attached hydrogen (secondary N) is 1.